The number of nitriles is 1. The van der Waals surface area contributed by atoms with Gasteiger partial charge in [0.15, 0.2) is 0 Å². The summed E-state index contributed by atoms with van der Waals surface area (Å²) in [6.07, 6.45) is 1.01. The maximum Gasteiger partial charge on any atom is 0.276 e. The summed E-state index contributed by atoms with van der Waals surface area (Å²) in [5.41, 5.74) is -0.206. The van der Waals surface area contributed by atoms with Crippen LogP contribution in [0.2, 0.25) is 0 Å². The maximum atomic E-state index is 12.4. The third-order valence-electron chi connectivity index (χ3n) is 2.87. The lowest BCUT2D eigenvalue weighted by atomic mass is 10.1. The molecule has 110 valence electrons. The number of allylic oxidation sites excluding steroid dienone is 1. The van der Waals surface area contributed by atoms with Gasteiger partial charge in [-0.25, -0.2) is 8.42 Å². The van der Waals surface area contributed by atoms with E-state index in [0.717, 1.165) is 6.08 Å². The first kappa shape index (κ1) is 15.4. The second-order valence-corrected chi connectivity index (χ2v) is 6.17. The van der Waals surface area contributed by atoms with Crippen LogP contribution in [0, 0.1) is 21.4 Å². The van der Waals surface area contributed by atoms with Gasteiger partial charge in [0.2, 0.25) is 9.84 Å². The van der Waals surface area contributed by atoms with Crippen LogP contribution in [0.5, 0.6) is 0 Å². The molecule has 0 N–H and O–H groups in total. The fourth-order valence-electron chi connectivity index (χ4n) is 1.81. The Kier molecular flexibility index (Phi) is 4.34. The van der Waals surface area contributed by atoms with E-state index in [-0.39, 0.29) is 16.1 Å². The van der Waals surface area contributed by atoms with Crippen molar-refractivity contribution in [2.45, 2.75) is 4.90 Å². The zero-order valence-corrected chi connectivity index (χ0v) is 12.0. The van der Waals surface area contributed by atoms with E-state index in [1.807, 2.05) is 0 Å². The standard InChI is InChI=1S/C15H10N2O4S/c16-11-14(22(20,21)13-7-2-1-3-8-13)10-12-6-4-5-9-15(12)17(18)19/h1-10H. The Bertz CT molecular complexity index is 881. The van der Waals surface area contributed by atoms with Gasteiger partial charge in [0.1, 0.15) is 11.0 Å². The first-order valence-electron chi connectivity index (χ1n) is 6.12. The van der Waals surface area contributed by atoms with Gasteiger partial charge in [0.25, 0.3) is 5.69 Å². The Morgan fingerprint density at radius 3 is 2.27 bits per heavy atom. The van der Waals surface area contributed by atoms with Gasteiger partial charge in [0, 0.05) is 6.07 Å². The van der Waals surface area contributed by atoms with Crippen molar-refractivity contribution in [3.8, 4) is 6.07 Å². The van der Waals surface area contributed by atoms with Crippen LogP contribution in [-0.4, -0.2) is 13.3 Å². The molecule has 0 saturated carbocycles. The van der Waals surface area contributed by atoms with Crippen molar-refractivity contribution in [3.05, 3.63) is 75.2 Å². The lowest BCUT2D eigenvalue weighted by Crippen LogP contribution is -2.03. The number of hydrogen-bond acceptors (Lipinski definition) is 5. The van der Waals surface area contributed by atoms with E-state index in [1.165, 1.54) is 48.5 Å². The second kappa shape index (κ2) is 6.20. The Hall–Kier alpha value is -2.98. The summed E-state index contributed by atoms with van der Waals surface area (Å²) >= 11 is 0. The lowest BCUT2D eigenvalue weighted by molar-refractivity contribution is -0.385. The zero-order chi connectivity index (χ0) is 16.2. The van der Waals surface area contributed by atoms with E-state index in [0.29, 0.717) is 0 Å². The average molecular weight is 314 g/mol. The summed E-state index contributed by atoms with van der Waals surface area (Å²) in [5.74, 6) is 0. The average Bonchev–Trinajstić information content (AvgIpc) is 2.53. The highest BCUT2D eigenvalue weighted by Crippen LogP contribution is 2.25. The molecule has 0 fully saturated rings. The van der Waals surface area contributed by atoms with Crippen LogP contribution >= 0.6 is 0 Å². The third kappa shape index (κ3) is 3.02. The molecule has 0 atom stereocenters. The van der Waals surface area contributed by atoms with Gasteiger partial charge < -0.3 is 0 Å². The molecule has 0 aliphatic rings. The van der Waals surface area contributed by atoms with Gasteiger partial charge >= 0.3 is 0 Å². The van der Waals surface area contributed by atoms with Crippen LogP contribution in [0.3, 0.4) is 0 Å². The Labute approximate surface area is 127 Å². The molecule has 2 rings (SSSR count). The normalized spacial score (nSPS) is 11.7. The molecule has 0 radical (unpaired) electrons. The molecular formula is C15H10N2O4S. The molecule has 0 spiro atoms. The van der Waals surface area contributed by atoms with Crippen molar-refractivity contribution in [1.82, 2.24) is 0 Å². The smallest absolute Gasteiger partial charge is 0.258 e. The predicted octanol–water partition coefficient (Wildman–Crippen LogP) is 2.93. The van der Waals surface area contributed by atoms with Crippen molar-refractivity contribution in [3.63, 3.8) is 0 Å². The van der Waals surface area contributed by atoms with Gasteiger partial charge in [-0.1, -0.05) is 30.3 Å². The fraction of sp³-hybridized carbons (Fsp3) is 0. The SMILES string of the molecule is N#CC(=Cc1ccccc1[N+](=O)[O-])S(=O)(=O)c1ccccc1. The summed E-state index contributed by atoms with van der Waals surface area (Å²) in [6, 6.07) is 14.7. The number of hydrogen-bond donors (Lipinski definition) is 0. The number of rotatable bonds is 4. The molecule has 2 aromatic carbocycles. The number of sulfone groups is 1. The summed E-state index contributed by atoms with van der Waals surface area (Å²) in [6.45, 7) is 0. The highest BCUT2D eigenvalue weighted by molar-refractivity contribution is 7.95. The van der Waals surface area contributed by atoms with E-state index >= 15 is 0 Å². The van der Waals surface area contributed by atoms with E-state index in [4.69, 9.17) is 5.26 Å². The molecule has 0 heterocycles. The minimum atomic E-state index is -4.01. The first-order valence-corrected chi connectivity index (χ1v) is 7.60. The van der Waals surface area contributed by atoms with E-state index < -0.39 is 19.7 Å². The molecule has 0 aliphatic carbocycles. The summed E-state index contributed by atoms with van der Waals surface area (Å²) in [5, 5.41) is 20.1. The van der Waals surface area contributed by atoms with Crippen LogP contribution in [0.25, 0.3) is 6.08 Å². The molecule has 22 heavy (non-hydrogen) atoms. The first-order chi connectivity index (χ1) is 10.5. The summed E-state index contributed by atoms with van der Waals surface area (Å²) in [7, 11) is -4.01. The number of para-hydroxylation sites is 1. The van der Waals surface area contributed by atoms with Crippen LogP contribution in [0.4, 0.5) is 5.69 Å². The molecule has 0 unspecified atom stereocenters. The summed E-state index contributed by atoms with van der Waals surface area (Å²) < 4.78 is 24.8. The summed E-state index contributed by atoms with van der Waals surface area (Å²) in [4.78, 5) is 9.74. The largest absolute Gasteiger partial charge is 0.276 e. The quantitative estimate of drug-likeness (QED) is 0.490. The molecule has 0 saturated heterocycles. The van der Waals surface area contributed by atoms with Gasteiger partial charge in [-0.05, 0) is 24.3 Å². The van der Waals surface area contributed by atoms with Crippen LogP contribution in [0.1, 0.15) is 5.56 Å². The Morgan fingerprint density at radius 2 is 1.68 bits per heavy atom. The van der Waals surface area contributed by atoms with E-state index in [1.54, 1.807) is 12.1 Å². The molecule has 6 nitrogen and oxygen atoms in total. The molecule has 0 amide bonds. The number of nitro groups is 1. The number of benzene rings is 2. The highest BCUT2D eigenvalue weighted by atomic mass is 32.2. The van der Waals surface area contributed by atoms with Crippen molar-refractivity contribution >= 4 is 21.6 Å². The van der Waals surface area contributed by atoms with E-state index in [2.05, 4.69) is 0 Å². The van der Waals surface area contributed by atoms with Gasteiger partial charge in [-0.2, -0.15) is 5.26 Å². The van der Waals surface area contributed by atoms with Crippen LogP contribution in [0.15, 0.2) is 64.4 Å². The highest BCUT2D eigenvalue weighted by Gasteiger charge is 2.22. The van der Waals surface area contributed by atoms with Crippen molar-refractivity contribution < 1.29 is 13.3 Å². The minimum Gasteiger partial charge on any atom is -0.258 e. The fourth-order valence-corrected chi connectivity index (χ4v) is 2.99. The predicted molar refractivity (Wildman–Crippen MR) is 80.3 cm³/mol. The van der Waals surface area contributed by atoms with E-state index in [9.17, 15) is 18.5 Å². The van der Waals surface area contributed by atoms with Crippen LogP contribution in [-0.2, 0) is 9.84 Å². The van der Waals surface area contributed by atoms with Gasteiger partial charge in [0.05, 0.1) is 15.4 Å². The van der Waals surface area contributed by atoms with Crippen molar-refractivity contribution in [2.24, 2.45) is 0 Å². The monoisotopic (exact) mass is 314 g/mol. The molecule has 2 aromatic rings. The molecule has 0 aliphatic heterocycles. The third-order valence-corrected chi connectivity index (χ3v) is 4.55. The molecule has 0 bridgehead atoms. The minimum absolute atomic E-state index is 0.0404. The van der Waals surface area contributed by atoms with Crippen molar-refractivity contribution in [1.29, 1.82) is 5.26 Å². The molecular weight excluding hydrogens is 304 g/mol. The Morgan fingerprint density at radius 1 is 1.09 bits per heavy atom. The Balaban J connectivity index is 2.59. The molecule has 7 heteroatoms. The lowest BCUT2D eigenvalue weighted by Gasteiger charge is -2.03. The second-order valence-electron chi connectivity index (χ2n) is 4.25. The number of nitro benzene ring substituents is 1. The topological polar surface area (TPSA) is 101 Å². The van der Waals surface area contributed by atoms with Gasteiger partial charge in [-0.3, -0.25) is 10.1 Å². The molecule has 0 aromatic heterocycles. The maximum absolute atomic E-state index is 12.4. The number of nitrogens with zero attached hydrogens (tertiary/aromatic N) is 2. The van der Waals surface area contributed by atoms with Crippen LogP contribution < -0.4 is 0 Å². The van der Waals surface area contributed by atoms with Gasteiger partial charge in [-0.15, -0.1) is 0 Å². The zero-order valence-electron chi connectivity index (χ0n) is 11.2. The van der Waals surface area contributed by atoms with Crippen molar-refractivity contribution in [2.75, 3.05) is 0 Å².